The van der Waals surface area contributed by atoms with E-state index in [1.165, 1.54) is 22.2 Å². The third-order valence-corrected chi connectivity index (χ3v) is 6.98. The van der Waals surface area contributed by atoms with Crippen molar-refractivity contribution >= 4 is 16.8 Å². The highest BCUT2D eigenvalue weighted by molar-refractivity contribution is 5.85. The number of nitrogens with one attached hydrogen (secondary N) is 2. The van der Waals surface area contributed by atoms with Crippen molar-refractivity contribution in [2.75, 3.05) is 13.1 Å². The second-order valence-corrected chi connectivity index (χ2v) is 8.23. The summed E-state index contributed by atoms with van der Waals surface area (Å²) in [6.07, 6.45) is 2.98. The highest BCUT2D eigenvalue weighted by atomic mass is 16.3. The van der Waals surface area contributed by atoms with Gasteiger partial charge in [-0.05, 0) is 49.1 Å². The van der Waals surface area contributed by atoms with Gasteiger partial charge >= 0.3 is 0 Å². The van der Waals surface area contributed by atoms with Crippen LogP contribution in [0.15, 0.2) is 24.3 Å². The van der Waals surface area contributed by atoms with Crippen LogP contribution in [-0.2, 0) is 11.2 Å². The first-order valence-electron chi connectivity index (χ1n) is 9.67. The number of carbonyl (C=O) groups is 1. The number of rotatable bonds is 1. The van der Waals surface area contributed by atoms with E-state index in [1.54, 1.807) is 0 Å². The molecule has 26 heavy (non-hydrogen) atoms. The Hall–Kier alpha value is -1.89. The summed E-state index contributed by atoms with van der Waals surface area (Å²) in [5.74, 6) is 5.64. The molecule has 1 saturated carbocycles. The van der Waals surface area contributed by atoms with Gasteiger partial charge in [0.25, 0.3) is 0 Å². The summed E-state index contributed by atoms with van der Waals surface area (Å²) in [5.41, 5.74) is 6.29. The summed E-state index contributed by atoms with van der Waals surface area (Å²) in [6.45, 7) is 2.09. The number of aromatic amines is 1. The lowest BCUT2D eigenvalue weighted by Gasteiger charge is -2.50. The number of benzene rings is 1. The van der Waals surface area contributed by atoms with Crippen LogP contribution in [0.4, 0.5) is 0 Å². The average molecular weight is 354 g/mol. The quantitative estimate of drug-likeness (QED) is 0.354. The number of carbonyl (C=O) groups excluding carboxylic acids is 1. The Morgan fingerprint density at radius 1 is 1.23 bits per heavy atom. The molecule has 1 aromatic heterocycles. The molecule has 3 heterocycles. The van der Waals surface area contributed by atoms with Crippen molar-refractivity contribution in [2.24, 2.45) is 23.6 Å². The number of fused-ring (bicyclic) bond motifs is 6. The molecule has 1 aliphatic carbocycles. The summed E-state index contributed by atoms with van der Waals surface area (Å²) >= 11 is 0. The summed E-state index contributed by atoms with van der Waals surface area (Å²) < 4.78 is 0. The molecule has 1 saturated heterocycles. The molecular weight excluding hydrogens is 328 g/mol. The number of aliphatic hydroxyl groups is 1. The zero-order valence-corrected chi connectivity index (χ0v) is 14.8. The molecule has 0 unspecified atom stereocenters. The summed E-state index contributed by atoms with van der Waals surface area (Å²) in [5, 5.41) is 11.8. The van der Waals surface area contributed by atoms with Crippen LogP contribution in [0, 0.1) is 17.8 Å². The molecule has 2 aromatic rings. The number of H-pyrrole nitrogens is 1. The van der Waals surface area contributed by atoms with Gasteiger partial charge in [0, 0.05) is 29.7 Å². The summed E-state index contributed by atoms with van der Waals surface area (Å²) in [7, 11) is 0. The Balaban J connectivity index is 1.45. The number of hydrogen-bond acceptors (Lipinski definition) is 4. The maximum Gasteiger partial charge on any atom is 0.239 e. The molecule has 5 rings (SSSR count). The topological polar surface area (TPSA) is 94.4 Å². The lowest BCUT2D eigenvalue weighted by atomic mass is 9.66. The molecule has 0 radical (unpaired) electrons. The number of nitrogens with zero attached hydrogens (tertiary/aromatic N) is 1. The number of para-hydroxylation sites is 1. The van der Waals surface area contributed by atoms with E-state index in [2.05, 4.69) is 39.6 Å². The van der Waals surface area contributed by atoms with Crippen molar-refractivity contribution in [3.05, 3.63) is 35.5 Å². The number of aromatic nitrogens is 1. The predicted molar refractivity (Wildman–Crippen MR) is 99.0 cm³/mol. The summed E-state index contributed by atoms with van der Waals surface area (Å²) in [4.78, 5) is 18.3. The van der Waals surface area contributed by atoms with E-state index >= 15 is 0 Å². The predicted octanol–water partition coefficient (Wildman–Crippen LogP) is 1.46. The monoisotopic (exact) mass is 354 g/mol. The Kier molecular flexibility index (Phi) is 3.81. The minimum absolute atomic E-state index is 0.228. The van der Waals surface area contributed by atoms with Crippen LogP contribution in [0.3, 0.4) is 0 Å². The number of nitrogens with two attached hydrogens (primary N) is 1. The molecule has 5 atom stereocenters. The molecule has 2 fully saturated rings. The lowest BCUT2D eigenvalue weighted by Crippen LogP contribution is -2.52. The van der Waals surface area contributed by atoms with E-state index < -0.39 is 6.10 Å². The SMILES string of the molecule is NNC(=O)[C@@H]1C[C@@H]2C[C@@H]3c4[nH]c5ccccc5c4CCN3C[C@@H]2C[C@H]1O. The number of amides is 1. The fraction of sp³-hybridized carbons (Fsp3) is 0.550. The van der Waals surface area contributed by atoms with Crippen LogP contribution in [0.5, 0.6) is 0 Å². The number of piperidine rings is 1. The standard InChI is InChI=1S/C20H26N4O2/c21-23-20(26)15-7-11-8-17-19-14(13-3-1-2-4-16(13)22-19)5-6-24(17)10-12(11)9-18(15)25/h1-4,11-12,15,17-18,22,25H,5-10,21H2,(H,23,26)/t11-,12+,15-,17-,18-/m1/s1. The lowest BCUT2D eigenvalue weighted by molar-refractivity contribution is -0.134. The third kappa shape index (κ3) is 2.40. The fourth-order valence-electron chi connectivity index (χ4n) is 5.69. The molecule has 6 heteroatoms. The van der Waals surface area contributed by atoms with Gasteiger partial charge < -0.3 is 10.1 Å². The zero-order valence-electron chi connectivity index (χ0n) is 14.8. The number of aliphatic hydroxyl groups excluding tert-OH is 1. The molecular formula is C20H26N4O2. The van der Waals surface area contributed by atoms with Crippen LogP contribution in [0.25, 0.3) is 10.9 Å². The molecule has 5 N–H and O–H groups in total. The van der Waals surface area contributed by atoms with Gasteiger partial charge in [-0.1, -0.05) is 18.2 Å². The molecule has 6 nitrogen and oxygen atoms in total. The Labute approximate surface area is 152 Å². The van der Waals surface area contributed by atoms with E-state index in [9.17, 15) is 9.90 Å². The van der Waals surface area contributed by atoms with Crippen LogP contribution in [0.2, 0.25) is 0 Å². The molecule has 1 aromatic carbocycles. The molecule has 0 spiro atoms. The first-order valence-corrected chi connectivity index (χ1v) is 9.67. The van der Waals surface area contributed by atoms with Gasteiger partial charge in [-0.3, -0.25) is 15.1 Å². The van der Waals surface area contributed by atoms with Crippen LogP contribution >= 0.6 is 0 Å². The second-order valence-electron chi connectivity index (χ2n) is 8.23. The number of hydrazine groups is 1. The van der Waals surface area contributed by atoms with Crippen LogP contribution in [0.1, 0.15) is 36.6 Å². The van der Waals surface area contributed by atoms with Gasteiger partial charge in [-0.15, -0.1) is 0 Å². The van der Waals surface area contributed by atoms with Crippen molar-refractivity contribution < 1.29 is 9.90 Å². The van der Waals surface area contributed by atoms with Crippen molar-refractivity contribution in [1.29, 1.82) is 0 Å². The molecule has 2 aliphatic heterocycles. The van der Waals surface area contributed by atoms with E-state index in [1.807, 2.05) is 0 Å². The van der Waals surface area contributed by atoms with Crippen molar-refractivity contribution in [2.45, 2.75) is 37.8 Å². The summed E-state index contributed by atoms with van der Waals surface area (Å²) in [6, 6.07) is 8.95. The first kappa shape index (κ1) is 16.3. The van der Waals surface area contributed by atoms with E-state index in [0.29, 0.717) is 24.3 Å². The highest BCUT2D eigenvalue weighted by Crippen LogP contribution is 2.48. The smallest absolute Gasteiger partial charge is 0.239 e. The van der Waals surface area contributed by atoms with E-state index in [0.717, 1.165) is 32.4 Å². The number of hydrogen-bond donors (Lipinski definition) is 4. The molecule has 1 amide bonds. The molecule has 0 bridgehead atoms. The molecule has 3 aliphatic rings. The van der Waals surface area contributed by atoms with E-state index in [4.69, 9.17) is 5.84 Å². The van der Waals surface area contributed by atoms with Gasteiger partial charge in [-0.2, -0.15) is 0 Å². The largest absolute Gasteiger partial charge is 0.392 e. The van der Waals surface area contributed by atoms with Gasteiger partial charge in [0.05, 0.1) is 18.1 Å². The minimum Gasteiger partial charge on any atom is -0.392 e. The Morgan fingerprint density at radius 3 is 2.92 bits per heavy atom. The fourth-order valence-corrected chi connectivity index (χ4v) is 5.69. The average Bonchev–Trinajstić information content (AvgIpc) is 3.04. The highest BCUT2D eigenvalue weighted by Gasteiger charge is 2.46. The van der Waals surface area contributed by atoms with Crippen molar-refractivity contribution in [3.63, 3.8) is 0 Å². The second kappa shape index (κ2) is 6.08. The Morgan fingerprint density at radius 2 is 2.08 bits per heavy atom. The van der Waals surface area contributed by atoms with Gasteiger partial charge in [0.1, 0.15) is 0 Å². The molecule has 138 valence electrons. The minimum atomic E-state index is -0.579. The van der Waals surface area contributed by atoms with Gasteiger partial charge in [0.15, 0.2) is 0 Å². The van der Waals surface area contributed by atoms with Crippen molar-refractivity contribution in [1.82, 2.24) is 15.3 Å². The Bertz CT molecular complexity index is 847. The maximum atomic E-state index is 12.0. The van der Waals surface area contributed by atoms with Crippen LogP contribution in [-0.4, -0.2) is 40.1 Å². The third-order valence-electron chi connectivity index (χ3n) is 6.98. The zero-order chi connectivity index (χ0) is 17.8. The van der Waals surface area contributed by atoms with E-state index in [-0.39, 0.29) is 11.8 Å². The van der Waals surface area contributed by atoms with Crippen molar-refractivity contribution in [3.8, 4) is 0 Å². The first-order chi connectivity index (χ1) is 12.7. The maximum absolute atomic E-state index is 12.0. The van der Waals surface area contributed by atoms with Crippen LogP contribution < -0.4 is 11.3 Å². The van der Waals surface area contributed by atoms with Gasteiger partial charge in [-0.25, -0.2) is 5.84 Å². The van der Waals surface area contributed by atoms with Gasteiger partial charge in [0.2, 0.25) is 5.91 Å². The normalized spacial score (nSPS) is 34.0.